The number of nitrogens with zero attached hydrogens (tertiary/aromatic N) is 1. The lowest BCUT2D eigenvalue weighted by atomic mass is 9.94. The number of aliphatic carboxylic acids is 1. The molecule has 9 heteroatoms. The van der Waals surface area contributed by atoms with Crippen LogP contribution in [0.25, 0.3) is 11.1 Å². The number of hydrogen-bond donors (Lipinski definition) is 2. The Bertz CT molecular complexity index is 1120. The number of benzene rings is 2. The van der Waals surface area contributed by atoms with E-state index in [1.165, 1.54) is 0 Å². The summed E-state index contributed by atoms with van der Waals surface area (Å²) in [6, 6.07) is 14.2. The highest BCUT2D eigenvalue weighted by Crippen LogP contribution is 2.45. The van der Waals surface area contributed by atoms with Crippen molar-refractivity contribution in [2.75, 3.05) is 19.7 Å². The van der Waals surface area contributed by atoms with E-state index in [-0.39, 0.29) is 30.9 Å². The number of nitrogens with one attached hydrogen (secondary N) is 1. The quantitative estimate of drug-likeness (QED) is 0.649. The zero-order valence-corrected chi connectivity index (χ0v) is 19.0. The van der Waals surface area contributed by atoms with Crippen molar-refractivity contribution < 1.29 is 33.0 Å². The lowest BCUT2D eigenvalue weighted by Gasteiger charge is -2.28. The van der Waals surface area contributed by atoms with Crippen LogP contribution in [0.4, 0.5) is 13.6 Å². The Kier molecular flexibility index (Phi) is 5.94. The van der Waals surface area contributed by atoms with Crippen molar-refractivity contribution in [3.05, 3.63) is 59.7 Å². The van der Waals surface area contributed by atoms with E-state index >= 15 is 0 Å². The Balaban J connectivity index is 1.20. The molecule has 5 rings (SSSR count). The molecule has 184 valence electrons. The molecule has 2 aromatic carbocycles. The Hall–Kier alpha value is -3.49. The van der Waals surface area contributed by atoms with Crippen LogP contribution >= 0.6 is 0 Å². The van der Waals surface area contributed by atoms with Crippen molar-refractivity contribution in [2.24, 2.45) is 11.8 Å². The molecule has 35 heavy (non-hydrogen) atoms. The number of carbonyl (C=O) groups excluding carboxylic acids is 2. The smallest absolute Gasteiger partial charge is 0.407 e. The zero-order chi connectivity index (χ0) is 24.7. The molecule has 0 aromatic heterocycles. The van der Waals surface area contributed by atoms with Gasteiger partial charge in [-0.05, 0) is 46.9 Å². The van der Waals surface area contributed by atoms with Gasteiger partial charge in [-0.2, -0.15) is 8.78 Å². The van der Waals surface area contributed by atoms with E-state index in [4.69, 9.17) is 4.74 Å². The number of amides is 2. The number of likely N-dealkylation sites (tertiary alicyclic amines) is 1. The molecule has 2 amide bonds. The second-order valence-electron chi connectivity index (χ2n) is 9.48. The molecule has 0 radical (unpaired) electrons. The molecule has 3 aliphatic rings. The first-order chi connectivity index (χ1) is 16.8. The molecule has 0 spiro atoms. The van der Waals surface area contributed by atoms with Crippen LogP contribution in [0.1, 0.15) is 36.3 Å². The first-order valence-corrected chi connectivity index (χ1v) is 11.8. The van der Waals surface area contributed by atoms with Gasteiger partial charge in [-0.3, -0.25) is 4.79 Å². The van der Waals surface area contributed by atoms with Gasteiger partial charge in [0.15, 0.2) is 0 Å². The minimum Gasteiger partial charge on any atom is -0.480 e. The number of carboxylic acids is 1. The number of carbonyl (C=O) groups is 3. The number of ether oxygens (including phenoxy) is 1. The second kappa shape index (κ2) is 8.94. The van der Waals surface area contributed by atoms with Gasteiger partial charge in [0.25, 0.3) is 5.91 Å². The highest BCUT2D eigenvalue weighted by Gasteiger charge is 2.54. The van der Waals surface area contributed by atoms with Gasteiger partial charge in [-0.25, -0.2) is 9.59 Å². The van der Waals surface area contributed by atoms with Crippen LogP contribution in [0.15, 0.2) is 48.5 Å². The molecular formula is C26H26F2N2O5. The van der Waals surface area contributed by atoms with Gasteiger partial charge in [-0.15, -0.1) is 0 Å². The number of rotatable bonds is 6. The second-order valence-corrected chi connectivity index (χ2v) is 9.48. The van der Waals surface area contributed by atoms with E-state index < -0.39 is 36.5 Å². The summed E-state index contributed by atoms with van der Waals surface area (Å²) in [5.41, 5.74) is 4.05. The van der Waals surface area contributed by atoms with Gasteiger partial charge in [0.05, 0.1) is 6.54 Å². The van der Waals surface area contributed by atoms with Crippen LogP contribution in [0.2, 0.25) is 0 Å². The van der Waals surface area contributed by atoms with Gasteiger partial charge in [-0.1, -0.05) is 55.0 Å². The molecule has 0 bridgehead atoms. The molecular weight excluding hydrogens is 458 g/mol. The Morgan fingerprint density at radius 2 is 1.66 bits per heavy atom. The molecule has 2 aromatic rings. The monoisotopic (exact) mass is 484 g/mol. The van der Waals surface area contributed by atoms with Crippen molar-refractivity contribution >= 4 is 18.0 Å². The first-order valence-electron chi connectivity index (χ1n) is 11.8. The lowest BCUT2D eigenvalue weighted by molar-refractivity contribution is -0.163. The topological polar surface area (TPSA) is 95.9 Å². The van der Waals surface area contributed by atoms with Crippen LogP contribution in [0.5, 0.6) is 0 Å². The van der Waals surface area contributed by atoms with Crippen molar-refractivity contribution in [1.29, 1.82) is 0 Å². The predicted octanol–water partition coefficient (Wildman–Crippen LogP) is 3.87. The summed E-state index contributed by atoms with van der Waals surface area (Å²) in [7, 11) is 0. The van der Waals surface area contributed by atoms with Crippen LogP contribution in [0, 0.1) is 11.8 Å². The SMILES string of the molecule is O=C(NCC(F)(F)C(=O)N1CC2CCCC2C1C(=O)O)OCC1c2ccccc2-c2ccccc21. The fraction of sp³-hybridized carbons (Fsp3) is 0.423. The average Bonchev–Trinajstić information content (AvgIpc) is 3.52. The van der Waals surface area contributed by atoms with Crippen LogP contribution in [-0.2, 0) is 14.3 Å². The van der Waals surface area contributed by atoms with E-state index in [1.54, 1.807) is 0 Å². The first kappa shape index (κ1) is 23.3. The van der Waals surface area contributed by atoms with Gasteiger partial charge >= 0.3 is 18.0 Å². The summed E-state index contributed by atoms with van der Waals surface area (Å²) in [5, 5.41) is 11.5. The van der Waals surface area contributed by atoms with Crippen LogP contribution < -0.4 is 5.32 Å². The molecule has 1 saturated carbocycles. The molecule has 3 unspecified atom stereocenters. The van der Waals surface area contributed by atoms with Crippen molar-refractivity contribution in [2.45, 2.75) is 37.1 Å². The molecule has 2 fully saturated rings. The highest BCUT2D eigenvalue weighted by molar-refractivity contribution is 5.89. The zero-order valence-electron chi connectivity index (χ0n) is 19.0. The number of alkyl carbamates (subject to hydrolysis) is 1. The molecule has 1 saturated heterocycles. The summed E-state index contributed by atoms with van der Waals surface area (Å²) in [6.45, 7) is -1.31. The van der Waals surface area contributed by atoms with Gasteiger partial charge in [0, 0.05) is 12.5 Å². The largest absolute Gasteiger partial charge is 0.480 e. The molecule has 1 aliphatic heterocycles. The summed E-state index contributed by atoms with van der Waals surface area (Å²) < 4.78 is 34.7. The number of carboxylic acid groups (broad SMARTS) is 1. The van der Waals surface area contributed by atoms with Crippen LogP contribution in [0.3, 0.4) is 0 Å². The Labute approximate surface area is 201 Å². The van der Waals surface area contributed by atoms with Gasteiger partial charge < -0.3 is 20.1 Å². The van der Waals surface area contributed by atoms with Gasteiger partial charge in [0.1, 0.15) is 12.6 Å². The molecule has 7 nitrogen and oxygen atoms in total. The molecule has 2 aliphatic carbocycles. The minimum atomic E-state index is -3.95. The minimum absolute atomic E-state index is 0.000993. The van der Waals surface area contributed by atoms with Crippen molar-refractivity contribution in [3.63, 3.8) is 0 Å². The maximum absolute atomic E-state index is 14.7. The van der Waals surface area contributed by atoms with Crippen molar-refractivity contribution in [3.8, 4) is 11.1 Å². The highest BCUT2D eigenvalue weighted by atomic mass is 19.3. The van der Waals surface area contributed by atoms with E-state index in [9.17, 15) is 28.3 Å². The van der Waals surface area contributed by atoms with E-state index in [2.05, 4.69) is 0 Å². The van der Waals surface area contributed by atoms with Gasteiger partial charge in [0.2, 0.25) is 0 Å². The average molecular weight is 484 g/mol. The standard InChI is InChI=1S/C26H26F2N2O5/c27-26(28,24(33)30-12-15-6-5-11-16(15)22(30)23(31)32)14-29-25(34)35-13-21-19-9-3-1-7-17(19)18-8-2-4-10-20(18)21/h1-4,7-10,15-16,21-22H,5-6,11-14H2,(H,29,34)(H,31,32). The maximum Gasteiger partial charge on any atom is 0.407 e. The third kappa shape index (κ3) is 4.13. The number of hydrogen-bond acceptors (Lipinski definition) is 4. The fourth-order valence-electron chi connectivity index (χ4n) is 5.95. The Morgan fingerprint density at radius 1 is 1.03 bits per heavy atom. The molecule has 3 atom stereocenters. The number of halogens is 2. The summed E-state index contributed by atoms with van der Waals surface area (Å²) >= 11 is 0. The predicted molar refractivity (Wildman–Crippen MR) is 122 cm³/mol. The Morgan fingerprint density at radius 3 is 2.29 bits per heavy atom. The summed E-state index contributed by atoms with van der Waals surface area (Å²) in [5.74, 6) is -7.40. The summed E-state index contributed by atoms with van der Waals surface area (Å²) in [4.78, 5) is 37.3. The molecule has 1 heterocycles. The van der Waals surface area contributed by atoms with Crippen molar-refractivity contribution in [1.82, 2.24) is 10.2 Å². The maximum atomic E-state index is 14.7. The number of fused-ring (bicyclic) bond motifs is 4. The lowest BCUT2D eigenvalue weighted by Crippen LogP contribution is -2.53. The van der Waals surface area contributed by atoms with E-state index in [1.807, 2.05) is 53.8 Å². The number of alkyl halides is 2. The third-order valence-corrected chi connectivity index (χ3v) is 7.52. The van der Waals surface area contributed by atoms with Crippen LogP contribution in [-0.4, -0.2) is 59.6 Å². The molecule has 2 N–H and O–H groups in total. The van der Waals surface area contributed by atoms with E-state index in [0.717, 1.165) is 40.0 Å². The summed E-state index contributed by atoms with van der Waals surface area (Å²) in [6.07, 6.45) is 1.10. The fourth-order valence-corrected chi connectivity index (χ4v) is 5.95. The third-order valence-electron chi connectivity index (χ3n) is 7.52. The normalized spacial score (nSPS) is 22.9. The van der Waals surface area contributed by atoms with E-state index in [0.29, 0.717) is 6.42 Å².